The van der Waals surface area contributed by atoms with Gasteiger partial charge in [-0.05, 0) is 80.4 Å². The number of hydrogen-bond acceptors (Lipinski definition) is 5. The van der Waals surface area contributed by atoms with E-state index >= 15 is 0 Å². The first kappa shape index (κ1) is 25.7. The molecule has 0 radical (unpaired) electrons. The predicted molar refractivity (Wildman–Crippen MR) is 143 cm³/mol. The van der Waals surface area contributed by atoms with E-state index in [-0.39, 0.29) is 5.91 Å². The second kappa shape index (κ2) is 11.6. The largest absolute Gasteiger partial charge is 0.457 e. The Balaban J connectivity index is 1.38. The third-order valence-electron chi connectivity index (χ3n) is 6.25. The van der Waals surface area contributed by atoms with E-state index < -0.39 is 16.1 Å². The van der Waals surface area contributed by atoms with Crippen molar-refractivity contribution in [3.8, 4) is 11.5 Å². The standard InChI is InChI=1S/C28H33N3O4S/c1-22(28(32)29-20-23-10-12-24(13-11-23)21-30-18-6-7-19-30)31(36(2,33)34)25-14-16-27(17-15-25)35-26-8-4-3-5-9-26/h3-5,8-17,22H,6-7,18-21H2,1-2H3,(H,29,32)/t22-/m0/s1. The molecule has 1 saturated heterocycles. The molecular formula is C28H33N3O4S. The number of anilines is 1. The molecule has 0 aromatic heterocycles. The number of carbonyl (C=O) groups is 1. The zero-order valence-electron chi connectivity index (χ0n) is 20.8. The molecule has 1 aliphatic heterocycles. The van der Waals surface area contributed by atoms with Crippen LogP contribution in [0.15, 0.2) is 78.9 Å². The van der Waals surface area contributed by atoms with Crippen LogP contribution in [0, 0.1) is 0 Å². The van der Waals surface area contributed by atoms with E-state index in [1.54, 1.807) is 31.2 Å². The van der Waals surface area contributed by atoms with E-state index in [0.29, 0.717) is 23.7 Å². The molecule has 4 rings (SSSR count). The summed E-state index contributed by atoms with van der Waals surface area (Å²) in [6.45, 7) is 5.16. The monoisotopic (exact) mass is 507 g/mol. The van der Waals surface area contributed by atoms with Crippen LogP contribution in [0.3, 0.4) is 0 Å². The van der Waals surface area contributed by atoms with Crippen LogP contribution in [0.25, 0.3) is 0 Å². The van der Waals surface area contributed by atoms with Crippen molar-refractivity contribution in [3.63, 3.8) is 0 Å². The predicted octanol–water partition coefficient (Wildman–Crippen LogP) is 4.55. The van der Waals surface area contributed by atoms with Crippen LogP contribution in [-0.4, -0.2) is 44.6 Å². The van der Waals surface area contributed by atoms with Gasteiger partial charge in [-0.15, -0.1) is 0 Å². The molecule has 0 aliphatic carbocycles. The number of benzene rings is 3. The first-order chi connectivity index (χ1) is 17.3. The number of para-hydroxylation sites is 1. The number of amides is 1. The van der Waals surface area contributed by atoms with Gasteiger partial charge in [0.1, 0.15) is 17.5 Å². The number of ether oxygens (including phenoxy) is 1. The van der Waals surface area contributed by atoms with Gasteiger partial charge in [0.25, 0.3) is 0 Å². The lowest BCUT2D eigenvalue weighted by Crippen LogP contribution is -2.47. The molecule has 0 spiro atoms. The van der Waals surface area contributed by atoms with Gasteiger partial charge in [0, 0.05) is 13.1 Å². The molecule has 1 heterocycles. The van der Waals surface area contributed by atoms with E-state index in [0.717, 1.165) is 35.8 Å². The average Bonchev–Trinajstić information content (AvgIpc) is 3.37. The van der Waals surface area contributed by atoms with E-state index in [1.807, 2.05) is 42.5 Å². The summed E-state index contributed by atoms with van der Waals surface area (Å²) >= 11 is 0. The molecule has 1 amide bonds. The lowest BCUT2D eigenvalue weighted by Gasteiger charge is -2.28. The second-order valence-corrected chi connectivity index (χ2v) is 11.0. The van der Waals surface area contributed by atoms with Crippen LogP contribution in [0.4, 0.5) is 5.69 Å². The van der Waals surface area contributed by atoms with Gasteiger partial charge < -0.3 is 10.1 Å². The molecule has 7 nitrogen and oxygen atoms in total. The molecular weight excluding hydrogens is 474 g/mol. The SMILES string of the molecule is C[C@@H](C(=O)NCc1ccc(CN2CCCC2)cc1)N(c1ccc(Oc2ccccc2)cc1)S(C)(=O)=O. The number of rotatable bonds is 10. The van der Waals surface area contributed by atoms with Crippen molar-refractivity contribution in [1.29, 1.82) is 0 Å². The third-order valence-corrected chi connectivity index (χ3v) is 7.49. The Kier molecular flexibility index (Phi) is 8.28. The number of carbonyl (C=O) groups excluding carboxylic acids is 1. The smallest absolute Gasteiger partial charge is 0.243 e. The van der Waals surface area contributed by atoms with Gasteiger partial charge in [0.05, 0.1) is 11.9 Å². The van der Waals surface area contributed by atoms with Crippen molar-refractivity contribution in [1.82, 2.24) is 10.2 Å². The molecule has 190 valence electrons. The Morgan fingerprint density at radius 1 is 0.917 bits per heavy atom. The van der Waals surface area contributed by atoms with Crippen molar-refractivity contribution in [2.24, 2.45) is 0 Å². The molecule has 3 aromatic rings. The Bertz CT molecular complexity index is 1240. The Morgan fingerprint density at radius 3 is 2.11 bits per heavy atom. The second-order valence-electron chi connectivity index (χ2n) is 9.16. The van der Waals surface area contributed by atoms with Crippen LogP contribution in [0.1, 0.15) is 30.9 Å². The minimum atomic E-state index is -3.71. The number of nitrogens with zero attached hydrogens (tertiary/aromatic N) is 2. The van der Waals surface area contributed by atoms with E-state index in [1.165, 1.54) is 18.4 Å². The van der Waals surface area contributed by atoms with Crippen LogP contribution >= 0.6 is 0 Å². The molecule has 1 atom stereocenters. The minimum Gasteiger partial charge on any atom is -0.457 e. The first-order valence-electron chi connectivity index (χ1n) is 12.2. The molecule has 0 unspecified atom stereocenters. The fourth-order valence-electron chi connectivity index (χ4n) is 4.39. The van der Waals surface area contributed by atoms with Crippen LogP contribution in [0.2, 0.25) is 0 Å². The summed E-state index contributed by atoms with van der Waals surface area (Å²) in [6.07, 6.45) is 3.63. The summed E-state index contributed by atoms with van der Waals surface area (Å²) in [5.74, 6) is 0.886. The van der Waals surface area contributed by atoms with Crippen molar-refractivity contribution >= 4 is 21.6 Å². The zero-order valence-corrected chi connectivity index (χ0v) is 21.6. The lowest BCUT2D eigenvalue weighted by molar-refractivity contribution is -0.122. The summed E-state index contributed by atoms with van der Waals surface area (Å²) < 4.78 is 32.2. The molecule has 1 N–H and O–H groups in total. The summed E-state index contributed by atoms with van der Waals surface area (Å²) in [5.41, 5.74) is 2.61. The zero-order chi connectivity index (χ0) is 25.5. The maximum atomic E-state index is 12.9. The Hall–Kier alpha value is -3.36. The van der Waals surface area contributed by atoms with Gasteiger partial charge in [-0.1, -0.05) is 42.5 Å². The van der Waals surface area contributed by atoms with Gasteiger partial charge in [-0.2, -0.15) is 0 Å². The van der Waals surface area contributed by atoms with Gasteiger partial charge >= 0.3 is 0 Å². The summed E-state index contributed by atoms with van der Waals surface area (Å²) in [6, 6.07) is 23.3. The summed E-state index contributed by atoms with van der Waals surface area (Å²) in [5, 5.41) is 2.88. The fraction of sp³-hybridized carbons (Fsp3) is 0.321. The highest BCUT2D eigenvalue weighted by atomic mass is 32.2. The van der Waals surface area contributed by atoms with Gasteiger partial charge in [0.2, 0.25) is 15.9 Å². The summed E-state index contributed by atoms with van der Waals surface area (Å²) in [4.78, 5) is 15.4. The van der Waals surface area contributed by atoms with E-state index in [9.17, 15) is 13.2 Å². The highest BCUT2D eigenvalue weighted by Gasteiger charge is 2.29. The Morgan fingerprint density at radius 2 is 1.50 bits per heavy atom. The van der Waals surface area contributed by atoms with Crippen molar-refractivity contribution < 1.29 is 17.9 Å². The molecule has 0 bridgehead atoms. The number of sulfonamides is 1. The van der Waals surface area contributed by atoms with Gasteiger partial charge in [-0.25, -0.2) is 8.42 Å². The van der Waals surface area contributed by atoms with Crippen LogP contribution in [-0.2, 0) is 27.9 Å². The third kappa shape index (κ3) is 6.86. The molecule has 8 heteroatoms. The molecule has 3 aromatic carbocycles. The maximum absolute atomic E-state index is 12.9. The minimum absolute atomic E-state index is 0.328. The number of likely N-dealkylation sites (tertiary alicyclic amines) is 1. The molecule has 1 aliphatic rings. The topological polar surface area (TPSA) is 79.0 Å². The molecule has 1 fully saturated rings. The fourth-order valence-corrected chi connectivity index (χ4v) is 5.57. The first-order valence-corrected chi connectivity index (χ1v) is 14.0. The summed E-state index contributed by atoms with van der Waals surface area (Å²) in [7, 11) is -3.71. The van der Waals surface area contributed by atoms with Crippen molar-refractivity contribution in [2.75, 3.05) is 23.7 Å². The highest BCUT2D eigenvalue weighted by molar-refractivity contribution is 7.92. The maximum Gasteiger partial charge on any atom is 0.243 e. The molecule has 0 saturated carbocycles. The van der Waals surface area contributed by atoms with Crippen LogP contribution in [0.5, 0.6) is 11.5 Å². The van der Waals surface area contributed by atoms with Crippen LogP contribution < -0.4 is 14.4 Å². The van der Waals surface area contributed by atoms with E-state index in [2.05, 4.69) is 22.3 Å². The quantitative estimate of drug-likeness (QED) is 0.436. The number of nitrogens with one attached hydrogen (secondary N) is 1. The van der Waals surface area contributed by atoms with Gasteiger partial charge in [-0.3, -0.25) is 14.0 Å². The lowest BCUT2D eigenvalue weighted by atomic mass is 10.1. The van der Waals surface area contributed by atoms with Crippen molar-refractivity contribution in [3.05, 3.63) is 90.0 Å². The normalized spacial score (nSPS) is 14.8. The number of hydrogen-bond donors (Lipinski definition) is 1. The molecule has 36 heavy (non-hydrogen) atoms. The average molecular weight is 508 g/mol. The van der Waals surface area contributed by atoms with E-state index in [4.69, 9.17) is 4.74 Å². The highest BCUT2D eigenvalue weighted by Crippen LogP contribution is 2.27. The van der Waals surface area contributed by atoms with Gasteiger partial charge in [0.15, 0.2) is 0 Å². The Labute approximate surface area is 213 Å². The van der Waals surface area contributed by atoms with Crippen molar-refractivity contribution in [2.45, 2.75) is 38.9 Å².